The number of aliphatic imine (C=N–C) groups is 1. The van der Waals surface area contributed by atoms with E-state index in [1.807, 2.05) is 19.1 Å². The third kappa shape index (κ3) is 4.26. The number of benzene rings is 1. The molecule has 0 saturated carbocycles. The Labute approximate surface area is 176 Å². The largest absolute Gasteiger partial charge is 0.460 e. The molecule has 156 valence electrons. The summed E-state index contributed by atoms with van der Waals surface area (Å²) in [5, 5.41) is 0.403. The van der Waals surface area contributed by atoms with Crippen molar-refractivity contribution in [2.75, 3.05) is 20.3 Å². The second-order valence-electron chi connectivity index (χ2n) is 8.27. The van der Waals surface area contributed by atoms with Gasteiger partial charge < -0.3 is 9.47 Å². The molecular formula is C22H28N2O4S. The van der Waals surface area contributed by atoms with Crippen LogP contribution in [0.4, 0.5) is 0 Å². The zero-order chi connectivity index (χ0) is 21.3. The Bertz CT molecular complexity index is 868. The number of carbonyl (C=O) groups excluding carboxylic acids is 2. The number of hydrogen-bond acceptors (Lipinski definition) is 6. The van der Waals surface area contributed by atoms with Crippen molar-refractivity contribution in [3.05, 3.63) is 46.7 Å². The Morgan fingerprint density at radius 3 is 2.45 bits per heavy atom. The summed E-state index contributed by atoms with van der Waals surface area (Å²) in [5.41, 5.74) is 3.05. The van der Waals surface area contributed by atoms with Crippen LogP contribution in [-0.4, -0.2) is 47.5 Å². The van der Waals surface area contributed by atoms with E-state index in [0.717, 1.165) is 5.56 Å². The fraction of sp³-hybridized carbons (Fsp3) is 0.500. The first-order chi connectivity index (χ1) is 13.6. The van der Waals surface area contributed by atoms with Gasteiger partial charge in [-0.25, -0.2) is 9.79 Å². The molecule has 2 aliphatic heterocycles. The van der Waals surface area contributed by atoms with E-state index >= 15 is 0 Å². The van der Waals surface area contributed by atoms with Crippen LogP contribution in [0.1, 0.15) is 51.8 Å². The number of allylic oxidation sites excluding steroid dienone is 1. The van der Waals surface area contributed by atoms with Crippen molar-refractivity contribution in [1.82, 2.24) is 4.90 Å². The van der Waals surface area contributed by atoms with Gasteiger partial charge in [-0.05, 0) is 30.4 Å². The SMILES string of the molecule is COCCOC(=O)C1=C(C)N=C2SC(C)C(=O)N2C1c1ccc(C(C)(C)C)cc1. The topological polar surface area (TPSA) is 68.2 Å². The lowest BCUT2D eigenvalue weighted by molar-refractivity contribution is -0.141. The summed E-state index contributed by atoms with van der Waals surface area (Å²) in [6.07, 6.45) is 0. The van der Waals surface area contributed by atoms with Gasteiger partial charge in [0.2, 0.25) is 5.91 Å². The van der Waals surface area contributed by atoms with Crippen LogP contribution in [0.2, 0.25) is 0 Å². The number of carbonyl (C=O) groups is 2. The zero-order valence-corrected chi connectivity index (χ0v) is 18.6. The molecule has 1 aromatic rings. The van der Waals surface area contributed by atoms with Crippen molar-refractivity contribution < 1.29 is 19.1 Å². The average Bonchev–Trinajstić information content (AvgIpc) is 2.93. The maximum Gasteiger partial charge on any atom is 0.338 e. The Balaban J connectivity index is 2.04. The molecular weight excluding hydrogens is 388 g/mol. The quantitative estimate of drug-likeness (QED) is 0.539. The van der Waals surface area contributed by atoms with Crippen LogP contribution < -0.4 is 0 Å². The smallest absolute Gasteiger partial charge is 0.338 e. The van der Waals surface area contributed by atoms with Gasteiger partial charge in [0.25, 0.3) is 0 Å². The molecule has 3 rings (SSSR count). The Hall–Kier alpha value is -2.12. The number of fused-ring (bicyclic) bond motifs is 1. The van der Waals surface area contributed by atoms with Crippen molar-refractivity contribution in [2.24, 2.45) is 4.99 Å². The Morgan fingerprint density at radius 2 is 1.86 bits per heavy atom. The molecule has 0 aliphatic carbocycles. The number of esters is 1. The number of ether oxygens (including phenoxy) is 2. The number of hydrogen-bond donors (Lipinski definition) is 0. The molecule has 7 heteroatoms. The number of nitrogens with zero attached hydrogens (tertiary/aromatic N) is 2. The summed E-state index contributed by atoms with van der Waals surface area (Å²) in [4.78, 5) is 32.0. The number of amides is 1. The molecule has 0 aromatic heterocycles. The molecule has 0 bridgehead atoms. The molecule has 29 heavy (non-hydrogen) atoms. The summed E-state index contributed by atoms with van der Waals surface area (Å²) in [5.74, 6) is -0.516. The maximum atomic E-state index is 12.9. The van der Waals surface area contributed by atoms with Gasteiger partial charge in [0, 0.05) is 7.11 Å². The molecule has 1 aromatic carbocycles. The molecule has 2 heterocycles. The van der Waals surface area contributed by atoms with Crippen LogP contribution in [-0.2, 0) is 24.5 Å². The van der Waals surface area contributed by atoms with Crippen LogP contribution in [0, 0.1) is 0 Å². The lowest BCUT2D eigenvalue weighted by Crippen LogP contribution is -2.40. The molecule has 2 aliphatic rings. The van der Waals surface area contributed by atoms with E-state index < -0.39 is 12.0 Å². The highest BCUT2D eigenvalue weighted by Gasteiger charge is 2.46. The van der Waals surface area contributed by atoms with Crippen LogP contribution in [0.25, 0.3) is 0 Å². The predicted octanol–water partition coefficient (Wildman–Crippen LogP) is 3.82. The second kappa shape index (κ2) is 8.32. The molecule has 1 fully saturated rings. The van der Waals surface area contributed by atoms with Crippen molar-refractivity contribution in [1.29, 1.82) is 0 Å². The first kappa shape index (κ1) is 21.6. The molecule has 6 nitrogen and oxygen atoms in total. The predicted molar refractivity (Wildman–Crippen MR) is 115 cm³/mol. The van der Waals surface area contributed by atoms with E-state index in [1.54, 1.807) is 18.9 Å². The molecule has 2 unspecified atom stereocenters. The molecule has 2 atom stereocenters. The van der Waals surface area contributed by atoms with Gasteiger partial charge in [0.15, 0.2) is 5.17 Å². The zero-order valence-electron chi connectivity index (χ0n) is 17.8. The third-order valence-corrected chi connectivity index (χ3v) is 6.15. The lowest BCUT2D eigenvalue weighted by atomic mass is 9.85. The highest BCUT2D eigenvalue weighted by Crippen LogP contribution is 2.43. The van der Waals surface area contributed by atoms with Gasteiger partial charge in [-0.3, -0.25) is 9.69 Å². The van der Waals surface area contributed by atoms with Crippen molar-refractivity contribution >= 4 is 28.8 Å². The normalized spacial score (nSPS) is 21.9. The van der Waals surface area contributed by atoms with E-state index in [2.05, 4.69) is 37.9 Å². The van der Waals surface area contributed by atoms with Crippen LogP contribution in [0.5, 0.6) is 0 Å². The minimum Gasteiger partial charge on any atom is -0.460 e. The highest BCUT2D eigenvalue weighted by molar-refractivity contribution is 8.15. The summed E-state index contributed by atoms with van der Waals surface area (Å²) in [6, 6.07) is 7.55. The van der Waals surface area contributed by atoms with Crippen LogP contribution >= 0.6 is 11.8 Å². The van der Waals surface area contributed by atoms with Gasteiger partial charge >= 0.3 is 5.97 Å². The standard InChI is InChI=1S/C22H28N2O4S/c1-13-17(20(26)28-12-11-27-6)18(24-19(25)14(2)29-21(24)23-13)15-7-9-16(10-8-15)22(3,4)5/h7-10,14,18H,11-12H2,1-6H3. The minimum atomic E-state index is -0.545. The van der Waals surface area contributed by atoms with Gasteiger partial charge in [-0.2, -0.15) is 0 Å². The monoisotopic (exact) mass is 416 g/mol. The first-order valence-electron chi connectivity index (χ1n) is 9.71. The van der Waals surface area contributed by atoms with Crippen molar-refractivity contribution in [3.63, 3.8) is 0 Å². The van der Waals surface area contributed by atoms with Crippen molar-refractivity contribution in [3.8, 4) is 0 Å². The Morgan fingerprint density at radius 1 is 1.21 bits per heavy atom. The van der Waals surface area contributed by atoms with E-state index in [1.165, 1.54) is 17.3 Å². The molecule has 1 saturated heterocycles. The summed E-state index contributed by atoms with van der Waals surface area (Å²) in [6.45, 7) is 10.6. The number of amidine groups is 1. The molecule has 0 radical (unpaired) electrons. The van der Waals surface area contributed by atoms with Crippen LogP contribution in [0.3, 0.4) is 0 Å². The van der Waals surface area contributed by atoms with Gasteiger partial charge in [-0.15, -0.1) is 0 Å². The third-order valence-electron chi connectivity index (χ3n) is 5.09. The van der Waals surface area contributed by atoms with Crippen LogP contribution in [0.15, 0.2) is 40.5 Å². The highest BCUT2D eigenvalue weighted by atomic mass is 32.2. The fourth-order valence-electron chi connectivity index (χ4n) is 3.44. The minimum absolute atomic E-state index is 0.0131. The van der Waals surface area contributed by atoms with Crippen molar-refractivity contribution in [2.45, 2.75) is 51.3 Å². The summed E-state index contributed by atoms with van der Waals surface area (Å²) >= 11 is 1.42. The molecule has 0 N–H and O–H groups in total. The summed E-state index contributed by atoms with van der Waals surface area (Å²) in [7, 11) is 1.55. The van der Waals surface area contributed by atoms with E-state index in [0.29, 0.717) is 23.0 Å². The number of rotatable bonds is 5. The molecule has 1 amide bonds. The molecule has 0 spiro atoms. The fourth-order valence-corrected chi connectivity index (χ4v) is 4.47. The van der Waals surface area contributed by atoms with Gasteiger partial charge in [0.1, 0.15) is 6.61 Å². The van der Waals surface area contributed by atoms with E-state index in [9.17, 15) is 9.59 Å². The first-order valence-corrected chi connectivity index (χ1v) is 10.6. The van der Waals surface area contributed by atoms with E-state index in [-0.39, 0.29) is 23.2 Å². The van der Waals surface area contributed by atoms with Gasteiger partial charge in [-0.1, -0.05) is 56.8 Å². The van der Waals surface area contributed by atoms with E-state index in [4.69, 9.17) is 9.47 Å². The maximum absolute atomic E-state index is 12.9. The second-order valence-corrected chi connectivity index (χ2v) is 9.57. The number of methoxy groups -OCH3 is 1. The lowest BCUT2D eigenvalue weighted by Gasteiger charge is -2.33. The summed E-state index contributed by atoms with van der Waals surface area (Å²) < 4.78 is 10.4. The average molecular weight is 417 g/mol. The Kier molecular flexibility index (Phi) is 6.19. The van der Waals surface area contributed by atoms with Gasteiger partial charge in [0.05, 0.1) is 29.2 Å². The number of thioether (sulfide) groups is 1.